The monoisotopic (exact) mass is 416 g/mol. The first-order valence-electron chi connectivity index (χ1n) is 10.1. The molecule has 2 aromatic carbocycles. The highest BCUT2D eigenvalue weighted by Gasteiger charge is 2.25. The van der Waals surface area contributed by atoms with Crippen molar-refractivity contribution in [3.63, 3.8) is 0 Å². The fourth-order valence-electron chi connectivity index (χ4n) is 3.95. The number of amides is 1. The van der Waals surface area contributed by atoms with Crippen LogP contribution in [0.5, 0.6) is 0 Å². The maximum absolute atomic E-state index is 13.0. The van der Waals surface area contributed by atoms with Crippen molar-refractivity contribution in [2.75, 3.05) is 31.1 Å². The summed E-state index contributed by atoms with van der Waals surface area (Å²) in [5.41, 5.74) is 3.41. The van der Waals surface area contributed by atoms with Gasteiger partial charge in [0.15, 0.2) is 5.76 Å². The molecule has 4 aromatic rings. The molecule has 0 N–H and O–H groups in total. The van der Waals surface area contributed by atoms with Crippen LogP contribution < -0.4 is 4.90 Å². The summed E-state index contributed by atoms with van der Waals surface area (Å²) in [5.74, 6) is 0.139. The van der Waals surface area contributed by atoms with Crippen molar-refractivity contribution in [1.82, 2.24) is 9.88 Å². The van der Waals surface area contributed by atoms with Crippen LogP contribution in [-0.4, -0.2) is 46.9 Å². The van der Waals surface area contributed by atoms with E-state index in [4.69, 9.17) is 4.42 Å². The molecule has 0 aliphatic carbocycles. The Hall–Kier alpha value is -3.94. The number of aryl methyl sites for hydroxylation is 1. The Labute approximate surface area is 177 Å². The van der Waals surface area contributed by atoms with Crippen LogP contribution in [0.15, 0.2) is 59.0 Å². The Morgan fingerprint density at radius 1 is 1.00 bits per heavy atom. The average Bonchev–Trinajstić information content (AvgIpc) is 3.20. The predicted molar refractivity (Wildman–Crippen MR) is 117 cm³/mol. The summed E-state index contributed by atoms with van der Waals surface area (Å²) >= 11 is 0. The summed E-state index contributed by atoms with van der Waals surface area (Å²) in [6.45, 7) is 4.39. The Balaban J connectivity index is 1.31. The lowest BCUT2D eigenvalue weighted by Crippen LogP contribution is -2.48. The van der Waals surface area contributed by atoms with Crippen molar-refractivity contribution in [2.45, 2.75) is 6.92 Å². The van der Waals surface area contributed by atoms with Gasteiger partial charge < -0.3 is 14.2 Å². The normalized spacial score (nSPS) is 14.4. The van der Waals surface area contributed by atoms with E-state index < -0.39 is 4.92 Å². The molecule has 156 valence electrons. The molecule has 1 aliphatic heterocycles. The van der Waals surface area contributed by atoms with E-state index in [1.54, 1.807) is 23.1 Å². The first-order chi connectivity index (χ1) is 15.0. The van der Waals surface area contributed by atoms with E-state index in [0.29, 0.717) is 37.7 Å². The average molecular weight is 416 g/mol. The molecule has 1 amide bonds. The van der Waals surface area contributed by atoms with Crippen LogP contribution in [0.1, 0.15) is 16.1 Å². The van der Waals surface area contributed by atoms with E-state index in [9.17, 15) is 14.9 Å². The first-order valence-corrected chi connectivity index (χ1v) is 10.1. The third kappa shape index (κ3) is 3.56. The van der Waals surface area contributed by atoms with E-state index in [1.807, 2.05) is 31.2 Å². The molecule has 5 rings (SSSR count). The number of benzene rings is 2. The van der Waals surface area contributed by atoms with Crippen LogP contribution in [0.3, 0.4) is 0 Å². The SMILES string of the molecule is Cc1ccc2cc3cc(C(=O)N4CCN(c5ccc([N+](=O)[O-])cc5)CC4)oc3nc2c1. The van der Waals surface area contributed by atoms with Crippen molar-refractivity contribution >= 4 is 39.3 Å². The molecule has 0 unspecified atom stereocenters. The van der Waals surface area contributed by atoms with E-state index in [2.05, 4.69) is 9.88 Å². The largest absolute Gasteiger partial charge is 0.433 e. The third-order valence-corrected chi connectivity index (χ3v) is 5.66. The smallest absolute Gasteiger partial charge is 0.289 e. The van der Waals surface area contributed by atoms with Crippen LogP contribution in [0.25, 0.3) is 22.0 Å². The highest BCUT2D eigenvalue weighted by Crippen LogP contribution is 2.25. The van der Waals surface area contributed by atoms with Gasteiger partial charge in [-0.2, -0.15) is 0 Å². The summed E-state index contributed by atoms with van der Waals surface area (Å²) in [7, 11) is 0. The Morgan fingerprint density at radius 2 is 1.74 bits per heavy atom. The number of nitrogens with zero attached hydrogens (tertiary/aromatic N) is 4. The maximum Gasteiger partial charge on any atom is 0.289 e. The van der Waals surface area contributed by atoms with Gasteiger partial charge in [0, 0.05) is 54.8 Å². The number of nitro groups is 1. The number of carbonyl (C=O) groups excluding carboxylic acids is 1. The highest BCUT2D eigenvalue weighted by atomic mass is 16.6. The number of fused-ring (bicyclic) bond motifs is 2. The van der Waals surface area contributed by atoms with Gasteiger partial charge in [-0.1, -0.05) is 12.1 Å². The fourth-order valence-corrected chi connectivity index (χ4v) is 3.95. The van der Waals surface area contributed by atoms with E-state index in [0.717, 1.165) is 27.5 Å². The molecule has 1 aliphatic rings. The zero-order valence-electron chi connectivity index (χ0n) is 16.9. The van der Waals surface area contributed by atoms with E-state index in [1.165, 1.54) is 12.1 Å². The number of nitro benzene ring substituents is 1. The van der Waals surface area contributed by atoms with E-state index in [-0.39, 0.29) is 11.6 Å². The van der Waals surface area contributed by atoms with Gasteiger partial charge in [0.1, 0.15) is 0 Å². The van der Waals surface area contributed by atoms with Crippen LogP contribution in [-0.2, 0) is 0 Å². The summed E-state index contributed by atoms with van der Waals surface area (Å²) in [6, 6.07) is 16.3. The zero-order chi connectivity index (χ0) is 21.5. The van der Waals surface area contributed by atoms with Crippen molar-refractivity contribution in [3.05, 3.63) is 76.0 Å². The standard InChI is InChI=1S/C23H20N4O4/c1-15-2-3-16-13-17-14-21(31-22(17)24-20(16)12-15)23(28)26-10-8-25(9-11-26)18-4-6-19(7-5-18)27(29)30/h2-7,12-14H,8-11H2,1H3. The number of rotatable bonds is 3. The molecule has 0 radical (unpaired) electrons. The van der Waals surface area contributed by atoms with E-state index >= 15 is 0 Å². The lowest BCUT2D eigenvalue weighted by molar-refractivity contribution is -0.384. The number of pyridine rings is 1. The number of hydrogen-bond acceptors (Lipinski definition) is 6. The highest BCUT2D eigenvalue weighted by molar-refractivity contribution is 5.98. The molecule has 1 saturated heterocycles. The Bertz CT molecular complexity index is 1300. The van der Waals surface area contributed by atoms with Crippen LogP contribution in [0.2, 0.25) is 0 Å². The van der Waals surface area contributed by atoms with Gasteiger partial charge in [0.05, 0.1) is 10.4 Å². The van der Waals surface area contributed by atoms with Crippen LogP contribution in [0, 0.1) is 17.0 Å². The van der Waals surface area contributed by atoms with Crippen LogP contribution >= 0.6 is 0 Å². The number of furan rings is 1. The molecule has 8 nitrogen and oxygen atoms in total. The third-order valence-electron chi connectivity index (χ3n) is 5.66. The topological polar surface area (TPSA) is 92.7 Å². The molecular formula is C23H20N4O4. The second kappa shape index (κ2) is 7.39. The number of anilines is 1. The van der Waals surface area contributed by atoms with Gasteiger partial charge in [0.25, 0.3) is 11.6 Å². The molecule has 3 heterocycles. The molecule has 0 atom stereocenters. The summed E-state index contributed by atoms with van der Waals surface area (Å²) in [6.07, 6.45) is 0. The summed E-state index contributed by atoms with van der Waals surface area (Å²) < 4.78 is 5.80. The van der Waals surface area contributed by atoms with Gasteiger partial charge in [-0.15, -0.1) is 0 Å². The number of non-ortho nitro benzene ring substituents is 1. The molecule has 0 spiro atoms. The molecule has 1 fully saturated rings. The summed E-state index contributed by atoms with van der Waals surface area (Å²) in [5, 5.41) is 12.6. The fraction of sp³-hybridized carbons (Fsp3) is 0.217. The quantitative estimate of drug-likeness (QED) is 0.368. The van der Waals surface area contributed by atoms with Crippen molar-refractivity contribution in [2.24, 2.45) is 0 Å². The van der Waals surface area contributed by atoms with Gasteiger partial charge in [0.2, 0.25) is 5.71 Å². The molecule has 0 bridgehead atoms. The minimum atomic E-state index is -0.410. The summed E-state index contributed by atoms with van der Waals surface area (Å²) in [4.78, 5) is 31.8. The minimum Gasteiger partial charge on any atom is -0.433 e. The van der Waals surface area contributed by atoms with Crippen molar-refractivity contribution < 1.29 is 14.1 Å². The van der Waals surface area contributed by atoms with Crippen molar-refractivity contribution in [1.29, 1.82) is 0 Å². The second-order valence-corrected chi connectivity index (χ2v) is 7.74. The number of hydrogen-bond donors (Lipinski definition) is 0. The number of aromatic nitrogens is 1. The minimum absolute atomic E-state index is 0.0684. The Morgan fingerprint density at radius 3 is 2.45 bits per heavy atom. The molecule has 0 saturated carbocycles. The maximum atomic E-state index is 13.0. The second-order valence-electron chi connectivity index (χ2n) is 7.74. The van der Waals surface area contributed by atoms with Crippen LogP contribution in [0.4, 0.5) is 11.4 Å². The molecule has 31 heavy (non-hydrogen) atoms. The first kappa shape index (κ1) is 19.0. The molecular weight excluding hydrogens is 396 g/mol. The lowest BCUT2D eigenvalue weighted by atomic mass is 10.1. The predicted octanol–water partition coefficient (Wildman–Crippen LogP) is 4.16. The van der Waals surface area contributed by atoms with Gasteiger partial charge in [-0.05, 0) is 42.8 Å². The molecule has 2 aromatic heterocycles. The zero-order valence-corrected chi connectivity index (χ0v) is 16.9. The van der Waals surface area contributed by atoms with Crippen molar-refractivity contribution in [3.8, 4) is 0 Å². The van der Waals surface area contributed by atoms with Gasteiger partial charge >= 0.3 is 0 Å². The number of piperazine rings is 1. The Kier molecular flexibility index (Phi) is 4.54. The molecule has 8 heteroatoms. The van der Waals surface area contributed by atoms with Gasteiger partial charge in [-0.25, -0.2) is 4.98 Å². The lowest BCUT2D eigenvalue weighted by Gasteiger charge is -2.35. The number of carbonyl (C=O) groups is 1. The van der Waals surface area contributed by atoms with Gasteiger partial charge in [-0.3, -0.25) is 14.9 Å².